The summed E-state index contributed by atoms with van der Waals surface area (Å²) in [6.07, 6.45) is 1.04. The van der Waals surface area contributed by atoms with Gasteiger partial charge in [-0.15, -0.1) is 0 Å². The van der Waals surface area contributed by atoms with Crippen molar-refractivity contribution in [1.82, 2.24) is 0 Å². The molecular formula is C26H26ClN3O2. The minimum absolute atomic E-state index is 0.141. The maximum absolute atomic E-state index is 13.0. The van der Waals surface area contributed by atoms with Crippen LogP contribution in [0.5, 0.6) is 0 Å². The number of rotatable bonds is 4. The molecule has 3 aromatic rings. The number of fused-ring (bicyclic) bond motifs is 1. The first-order valence-electron chi connectivity index (χ1n) is 11.0. The Morgan fingerprint density at radius 1 is 0.844 bits per heavy atom. The average molecular weight is 448 g/mol. The van der Waals surface area contributed by atoms with Crippen LogP contribution in [0.25, 0.3) is 0 Å². The number of benzene rings is 3. The van der Waals surface area contributed by atoms with Crippen LogP contribution in [0.3, 0.4) is 0 Å². The van der Waals surface area contributed by atoms with E-state index in [1.165, 1.54) is 11.1 Å². The predicted molar refractivity (Wildman–Crippen MR) is 130 cm³/mol. The van der Waals surface area contributed by atoms with Crippen LogP contribution >= 0.6 is 11.6 Å². The Balaban J connectivity index is 1.31. The number of ether oxygens (including phenoxy) is 1. The standard InChI is InChI=1S/C26H26ClN3O2/c27-23-6-3-7-24(25(23)29-14-16-32-17-15-29)28-26(31)20-8-10-22(11-9-20)30-13-12-19-4-1-2-5-21(19)18-30/h1-11H,12-18H2,(H,28,31). The van der Waals surface area contributed by atoms with Crippen molar-refractivity contribution in [2.45, 2.75) is 13.0 Å². The molecule has 0 aromatic heterocycles. The van der Waals surface area contributed by atoms with Gasteiger partial charge >= 0.3 is 0 Å². The number of halogens is 1. The fourth-order valence-electron chi connectivity index (χ4n) is 4.46. The molecule has 0 aliphatic carbocycles. The molecule has 1 N–H and O–H groups in total. The lowest BCUT2D eigenvalue weighted by molar-refractivity contribution is 0.102. The Kier molecular flexibility index (Phi) is 6.02. The molecule has 6 heteroatoms. The molecule has 32 heavy (non-hydrogen) atoms. The minimum Gasteiger partial charge on any atom is -0.378 e. The Labute approximate surface area is 193 Å². The summed E-state index contributed by atoms with van der Waals surface area (Å²) in [7, 11) is 0. The van der Waals surface area contributed by atoms with Crippen LogP contribution in [-0.4, -0.2) is 38.8 Å². The monoisotopic (exact) mass is 447 g/mol. The number of nitrogens with one attached hydrogen (secondary N) is 1. The summed E-state index contributed by atoms with van der Waals surface area (Å²) in [6.45, 7) is 4.68. The molecule has 164 valence electrons. The van der Waals surface area contributed by atoms with Crippen molar-refractivity contribution in [3.63, 3.8) is 0 Å². The van der Waals surface area contributed by atoms with Gasteiger partial charge in [0.25, 0.3) is 5.91 Å². The molecule has 0 unspecified atom stereocenters. The molecule has 2 heterocycles. The van der Waals surface area contributed by atoms with Gasteiger partial charge < -0.3 is 19.9 Å². The Hall–Kier alpha value is -3.02. The van der Waals surface area contributed by atoms with E-state index in [1.807, 2.05) is 42.5 Å². The molecule has 0 atom stereocenters. The van der Waals surface area contributed by atoms with Crippen LogP contribution in [0.2, 0.25) is 5.02 Å². The Morgan fingerprint density at radius 2 is 1.59 bits per heavy atom. The highest BCUT2D eigenvalue weighted by atomic mass is 35.5. The smallest absolute Gasteiger partial charge is 0.255 e. The van der Waals surface area contributed by atoms with Crippen LogP contribution < -0.4 is 15.1 Å². The van der Waals surface area contributed by atoms with E-state index >= 15 is 0 Å². The molecule has 1 amide bonds. The second-order valence-corrected chi connectivity index (χ2v) is 8.58. The second-order valence-electron chi connectivity index (χ2n) is 8.18. The normalized spacial score (nSPS) is 15.9. The summed E-state index contributed by atoms with van der Waals surface area (Å²) in [5.74, 6) is -0.141. The third-order valence-corrected chi connectivity index (χ3v) is 6.49. The van der Waals surface area contributed by atoms with Gasteiger partial charge in [-0.05, 0) is 53.9 Å². The van der Waals surface area contributed by atoms with E-state index in [4.69, 9.17) is 16.3 Å². The van der Waals surface area contributed by atoms with E-state index in [0.717, 1.165) is 49.7 Å². The zero-order valence-electron chi connectivity index (χ0n) is 17.9. The molecule has 1 fully saturated rings. The van der Waals surface area contributed by atoms with Gasteiger partial charge in [0.05, 0.1) is 29.6 Å². The van der Waals surface area contributed by atoms with Crippen molar-refractivity contribution >= 4 is 34.6 Å². The molecule has 0 radical (unpaired) electrons. The SMILES string of the molecule is O=C(Nc1cccc(Cl)c1N1CCOCC1)c1ccc(N2CCc3ccccc3C2)cc1. The van der Waals surface area contributed by atoms with Gasteiger partial charge in [-0.2, -0.15) is 0 Å². The zero-order valence-corrected chi connectivity index (χ0v) is 18.6. The van der Waals surface area contributed by atoms with E-state index in [9.17, 15) is 4.79 Å². The van der Waals surface area contributed by atoms with Gasteiger partial charge in [0.2, 0.25) is 0 Å². The first-order valence-corrected chi connectivity index (χ1v) is 11.4. The molecular weight excluding hydrogens is 422 g/mol. The third-order valence-electron chi connectivity index (χ3n) is 6.19. The number of para-hydroxylation sites is 1. The van der Waals surface area contributed by atoms with E-state index in [0.29, 0.717) is 23.8 Å². The molecule has 5 nitrogen and oxygen atoms in total. The van der Waals surface area contributed by atoms with Crippen molar-refractivity contribution in [3.05, 3.63) is 88.4 Å². The van der Waals surface area contributed by atoms with E-state index < -0.39 is 0 Å². The first-order chi connectivity index (χ1) is 15.7. The summed E-state index contributed by atoms with van der Waals surface area (Å²) in [5, 5.41) is 3.69. The van der Waals surface area contributed by atoms with Crippen molar-refractivity contribution < 1.29 is 9.53 Å². The van der Waals surface area contributed by atoms with Crippen LogP contribution in [0.1, 0.15) is 21.5 Å². The summed E-state index contributed by atoms with van der Waals surface area (Å²) >= 11 is 6.50. The molecule has 0 spiro atoms. The lowest BCUT2D eigenvalue weighted by Gasteiger charge is -2.31. The topological polar surface area (TPSA) is 44.8 Å². The summed E-state index contributed by atoms with van der Waals surface area (Å²) < 4.78 is 5.46. The van der Waals surface area contributed by atoms with Gasteiger partial charge in [0.1, 0.15) is 0 Å². The number of anilines is 3. The molecule has 2 aliphatic heterocycles. The number of carbonyl (C=O) groups is 1. The maximum Gasteiger partial charge on any atom is 0.255 e. The van der Waals surface area contributed by atoms with Crippen molar-refractivity contribution in [2.75, 3.05) is 48.0 Å². The lowest BCUT2D eigenvalue weighted by atomic mass is 9.99. The summed E-state index contributed by atoms with van der Waals surface area (Å²) in [4.78, 5) is 17.5. The predicted octanol–water partition coefficient (Wildman–Crippen LogP) is 4.99. The lowest BCUT2D eigenvalue weighted by Crippen LogP contribution is -2.37. The van der Waals surface area contributed by atoms with E-state index in [2.05, 4.69) is 39.4 Å². The van der Waals surface area contributed by atoms with Gasteiger partial charge in [-0.1, -0.05) is 41.9 Å². The molecule has 1 saturated heterocycles. The number of hydrogen-bond donors (Lipinski definition) is 1. The van der Waals surface area contributed by atoms with Gasteiger partial charge in [0.15, 0.2) is 0 Å². The third kappa shape index (κ3) is 4.31. The summed E-state index contributed by atoms with van der Waals surface area (Å²) in [5.41, 5.74) is 6.14. The fourth-order valence-corrected chi connectivity index (χ4v) is 4.75. The van der Waals surface area contributed by atoms with Crippen LogP contribution in [0.4, 0.5) is 17.1 Å². The van der Waals surface area contributed by atoms with Crippen LogP contribution in [0.15, 0.2) is 66.7 Å². The number of morpholine rings is 1. The highest BCUT2D eigenvalue weighted by Crippen LogP contribution is 2.35. The maximum atomic E-state index is 13.0. The number of amides is 1. The largest absolute Gasteiger partial charge is 0.378 e. The Bertz CT molecular complexity index is 1110. The highest BCUT2D eigenvalue weighted by molar-refractivity contribution is 6.34. The molecule has 0 saturated carbocycles. The number of carbonyl (C=O) groups excluding carboxylic acids is 1. The van der Waals surface area contributed by atoms with Gasteiger partial charge in [-0.25, -0.2) is 0 Å². The average Bonchev–Trinajstić information content (AvgIpc) is 2.84. The quantitative estimate of drug-likeness (QED) is 0.611. The first kappa shape index (κ1) is 20.9. The molecule has 3 aromatic carbocycles. The van der Waals surface area contributed by atoms with Gasteiger partial charge in [0, 0.05) is 37.4 Å². The van der Waals surface area contributed by atoms with Gasteiger partial charge in [-0.3, -0.25) is 4.79 Å². The van der Waals surface area contributed by atoms with E-state index in [1.54, 1.807) is 0 Å². The summed E-state index contributed by atoms with van der Waals surface area (Å²) in [6, 6.07) is 22.1. The van der Waals surface area contributed by atoms with Crippen molar-refractivity contribution in [3.8, 4) is 0 Å². The number of hydrogen-bond acceptors (Lipinski definition) is 4. The van der Waals surface area contributed by atoms with E-state index in [-0.39, 0.29) is 5.91 Å². The number of nitrogens with zero attached hydrogens (tertiary/aromatic N) is 2. The van der Waals surface area contributed by atoms with Crippen LogP contribution in [-0.2, 0) is 17.7 Å². The second kappa shape index (κ2) is 9.23. The Morgan fingerprint density at radius 3 is 2.38 bits per heavy atom. The molecule has 2 aliphatic rings. The minimum atomic E-state index is -0.141. The van der Waals surface area contributed by atoms with Crippen molar-refractivity contribution in [2.24, 2.45) is 0 Å². The molecule has 0 bridgehead atoms. The highest BCUT2D eigenvalue weighted by Gasteiger charge is 2.20. The van der Waals surface area contributed by atoms with Crippen LogP contribution in [0, 0.1) is 0 Å². The van der Waals surface area contributed by atoms with Crippen molar-refractivity contribution in [1.29, 1.82) is 0 Å². The zero-order chi connectivity index (χ0) is 21.9. The molecule has 5 rings (SSSR count). The fraction of sp³-hybridized carbons (Fsp3) is 0.269.